The van der Waals surface area contributed by atoms with Crippen LogP contribution in [0.15, 0.2) is 60.7 Å². The number of rotatable bonds is 8. The largest absolute Gasteiger partial charge is 0.390 e. The fraction of sp³-hybridized carbons (Fsp3) is 0.261. The van der Waals surface area contributed by atoms with Crippen molar-refractivity contribution < 1.29 is 14.3 Å². The number of aliphatic hydroxyl groups excluding tert-OH is 1. The summed E-state index contributed by atoms with van der Waals surface area (Å²) in [4.78, 5) is 12.5. The van der Waals surface area contributed by atoms with Gasteiger partial charge in [-0.25, -0.2) is 4.39 Å². The summed E-state index contributed by atoms with van der Waals surface area (Å²) in [6.45, 7) is 3.25. The normalized spacial score (nSPS) is 12.1. The van der Waals surface area contributed by atoms with Crippen molar-refractivity contribution in [2.75, 3.05) is 13.1 Å². The number of benzene rings is 3. The van der Waals surface area contributed by atoms with E-state index in [1.807, 2.05) is 12.1 Å². The van der Waals surface area contributed by atoms with Crippen LogP contribution in [0.2, 0.25) is 0 Å². The van der Waals surface area contributed by atoms with Gasteiger partial charge >= 0.3 is 0 Å². The van der Waals surface area contributed by atoms with E-state index in [2.05, 4.69) is 29.7 Å². The van der Waals surface area contributed by atoms with Gasteiger partial charge in [0.2, 0.25) is 0 Å². The molecule has 3 rings (SSSR count). The quantitative estimate of drug-likeness (QED) is 0.561. The lowest BCUT2D eigenvalue weighted by atomic mass is 10.0. The van der Waals surface area contributed by atoms with Gasteiger partial charge < -0.3 is 15.7 Å². The summed E-state index contributed by atoms with van der Waals surface area (Å²) < 4.78 is 13.9. The first-order chi connectivity index (χ1) is 13.6. The molecule has 146 valence electrons. The molecule has 0 bridgehead atoms. The lowest BCUT2D eigenvalue weighted by Crippen LogP contribution is -2.38. The highest BCUT2D eigenvalue weighted by molar-refractivity contribution is 6.07. The molecule has 28 heavy (non-hydrogen) atoms. The molecule has 0 saturated heterocycles. The molecule has 0 aliphatic rings. The lowest BCUT2D eigenvalue weighted by molar-refractivity contribution is 0.0917. The summed E-state index contributed by atoms with van der Waals surface area (Å²) in [7, 11) is 0. The number of carbonyl (C=O) groups excluding carboxylic acids is 1. The molecule has 5 heteroatoms. The molecule has 0 aromatic heterocycles. The first kappa shape index (κ1) is 20.0. The van der Waals surface area contributed by atoms with E-state index in [4.69, 9.17) is 0 Å². The zero-order chi connectivity index (χ0) is 19.9. The zero-order valence-corrected chi connectivity index (χ0v) is 15.9. The zero-order valence-electron chi connectivity index (χ0n) is 15.9. The molecule has 3 aromatic rings. The van der Waals surface area contributed by atoms with E-state index >= 15 is 0 Å². The molecular formula is C23H25FN2O2. The summed E-state index contributed by atoms with van der Waals surface area (Å²) in [5.41, 5.74) is 2.83. The standard InChI is InChI=1S/C23H25FN2O2/c1-2-16-6-5-7-17(12-16)13-25-14-18(27)15-26-23(28)21-10-11-22(24)20-9-4-3-8-19(20)21/h3-12,18,25,27H,2,13-15H2,1H3,(H,26,28). The van der Waals surface area contributed by atoms with Crippen molar-refractivity contribution in [3.8, 4) is 0 Å². The number of halogens is 1. The third-order valence-corrected chi connectivity index (χ3v) is 4.72. The van der Waals surface area contributed by atoms with Crippen molar-refractivity contribution in [1.82, 2.24) is 10.6 Å². The molecule has 4 nitrogen and oxygen atoms in total. The number of fused-ring (bicyclic) bond motifs is 1. The van der Waals surface area contributed by atoms with Crippen LogP contribution in [-0.4, -0.2) is 30.2 Å². The molecule has 0 radical (unpaired) electrons. The van der Waals surface area contributed by atoms with E-state index in [-0.39, 0.29) is 18.3 Å². The predicted molar refractivity (Wildman–Crippen MR) is 110 cm³/mol. The summed E-state index contributed by atoms with van der Waals surface area (Å²) in [5.74, 6) is -0.686. The van der Waals surface area contributed by atoms with Crippen molar-refractivity contribution in [2.24, 2.45) is 0 Å². The number of hydrogen-bond donors (Lipinski definition) is 3. The Morgan fingerprint density at radius 1 is 1.00 bits per heavy atom. The molecule has 0 spiro atoms. The highest BCUT2D eigenvalue weighted by Crippen LogP contribution is 2.21. The third-order valence-electron chi connectivity index (χ3n) is 4.72. The van der Waals surface area contributed by atoms with Crippen molar-refractivity contribution in [1.29, 1.82) is 0 Å². The average Bonchev–Trinajstić information content (AvgIpc) is 2.72. The van der Waals surface area contributed by atoms with Crippen molar-refractivity contribution in [2.45, 2.75) is 26.0 Å². The average molecular weight is 380 g/mol. The third kappa shape index (κ3) is 4.94. The van der Waals surface area contributed by atoms with Crippen molar-refractivity contribution in [3.05, 3.63) is 83.2 Å². The molecular weight excluding hydrogens is 355 g/mol. The molecule has 1 atom stereocenters. The second-order valence-corrected chi connectivity index (χ2v) is 6.81. The number of hydrogen-bond acceptors (Lipinski definition) is 3. The molecule has 3 aromatic carbocycles. The van der Waals surface area contributed by atoms with Gasteiger partial charge in [-0.05, 0) is 35.1 Å². The second kappa shape index (κ2) is 9.44. The molecule has 0 aliphatic heterocycles. The maximum absolute atomic E-state index is 13.9. The molecule has 3 N–H and O–H groups in total. The number of nitrogens with one attached hydrogen (secondary N) is 2. The van der Waals surface area contributed by atoms with Crippen molar-refractivity contribution >= 4 is 16.7 Å². The monoisotopic (exact) mass is 380 g/mol. The summed E-state index contributed by atoms with van der Waals surface area (Å²) in [5, 5.41) is 17.0. The fourth-order valence-corrected chi connectivity index (χ4v) is 3.18. The van der Waals surface area contributed by atoms with Gasteiger partial charge in [0.1, 0.15) is 5.82 Å². The minimum Gasteiger partial charge on any atom is -0.390 e. The van der Waals surface area contributed by atoms with E-state index in [0.717, 1.165) is 12.0 Å². The molecule has 0 fully saturated rings. The first-order valence-electron chi connectivity index (χ1n) is 9.50. The summed E-state index contributed by atoms with van der Waals surface area (Å²) >= 11 is 0. The van der Waals surface area contributed by atoms with Gasteiger partial charge in [0.15, 0.2) is 0 Å². The van der Waals surface area contributed by atoms with Crippen LogP contribution < -0.4 is 10.6 Å². The van der Waals surface area contributed by atoms with Gasteiger partial charge in [0, 0.05) is 30.6 Å². The predicted octanol–water partition coefficient (Wildman–Crippen LogP) is 3.42. The Bertz CT molecular complexity index is 958. The Balaban J connectivity index is 1.51. The fourth-order valence-electron chi connectivity index (χ4n) is 3.18. The van der Waals surface area contributed by atoms with Crippen LogP contribution in [0.5, 0.6) is 0 Å². The minimum atomic E-state index is -0.718. The van der Waals surface area contributed by atoms with Gasteiger partial charge in [-0.15, -0.1) is 0 Å². The summed E-state index contributed by atoms with van der Waals surface area (Å²) in [6.07, 6.45) is 0.269. The Kier molecular flexibility index (Phi) is 6.74. The van der Waals surface area contributed by atoms with Crippen LogP contribution in [0.25, 0.3) is 10.8 Å². The lowest BCUT2D eigenvalue weighted by Gasteiger charge is -2.14. The highest BCUT2D eigenvalue weighted by Gasteiger charge is 2.13. The van der Waals surface area contributed by atoms with Crippen LogP contribution in [0.1, 0.15) is 28.4 Å². The highest BCUT2D eigenvalue weighted by atomic mass is 19.1. The molecule has 0 saturated carbocycles. The number of carbonyl (C=O) groups is 1. The first-order valence-corrected chi connectivity index (χ1v) is 9.50. The number of amides is 1. The minimum absolute atomic E-state index is 0.118. The van der Waals surface area contributed by atoms with Gasteiger partial charge in [0.05, 0.1) is 6.10 Å². The van der Waals surface area contributed by atoms with Crippen LogP contribution in [-0.2, 0) is 13.0 Å². The van der Waals surface area contributed by atoms with E-state index < -0.39 is 6.10 Å². The van der Waals surface area contributed by atoms with E-state index in [1.54, 1.807) is 24.3 Å². The molecule has 1 unspecified atom stereocenters. The van der Waals surface area contributed by atoms with E-state index in [1.165, 1.54) is 17.7 Å². The Hall–Kier alpha value is -2.76. The van der Waals surface area contributed by atoms with Crippen LogP contribution >= 0.6 is 0 Å². The Morgan fingerprint density at radius 3 is 2.54 bits per heavy atom. The van der Waals surface area contributed by atoms with E-state index in [9.17, 15) is 14.3 Å². The summed E-state index contributed by atoms with van der Waals surface area (Å²) in [6, 6.07) is 17.9. The Labute approximate surface area is 164 Å². The molecule has 1 amide bonds. The van der Waals surface area contributed by atoms with Crippen LogP contribution in [0.4, 0.5) is 4.39 Å². The van der Waals surface area contributed by atoms with Crippen LogP contribution in [0, 0.1) is 5.82 Å². The number of aryl methyl sites for hydroxylation is 1. The second-order valence-electron chi connectivity index (χ2n) is 6.81. The van der Waals surface area contributed by atoms with E-state index in [0.29, 0.717) is 29.4 Å². The molecule has 0 heterocycles. The van der Waals surface area contributed by atoms with Crippen molar-refractivity contribution in [3.63, 3.8) is 0 Å². The SMILES string of the molecule is CCc1cccc(CNCC(O)CNC(=O)c2ccc(F)c3ccccc23)c1. The van der Waals surface area contributed by atoms with Gasteiger partial charge in [-0.2, -0.15) is 0 Å². The topological polar surface area (TPSA) is 61.4 Å². The van der Waals surface area contributed by atoms with Crippen LogP contribution in [0.3, 0.4) is 0 Å². The van der Waals surface area contributed by atoms with Gasteiger partial charge in [-0.3, -0.25) is 4.79 Å². The smallest absolute Gasteiger partial charge is 0.252 e. The van der Waals surface area contributed by atoms with Gasteiger partial charge in [0.25, 0.3) is 5.91 Å². The Morgan fingerprint density at radius 2 is 1.75 bits per heavy atom. The van der Waals surface area contributed by atoms with Gasteiger partial charge in [-0.1, -0.05) is 55.5 Å². The maximum Gasteiger partial charge on any atom is 0.252 e. The number of aliphatic hydroxyl groups is 1. The molecule has 0 aliphatic carbocycles. The maximum atomic E-state index is 13.9.